The van der Waals surface area contributed by atoms with Crippen molar-refractivity contribution < 1.29 is 14.7 Å². The van der Waals surface area contributed by atoms with Gasteiger partial charge in [0, 0.05) is 25.1 Å². The maximum absolute atomic E-state index is 11.9. The standard InChI is InChI=1S/C14H16N4O3/c1-14(2,13(20)21)8-17-12(19)10-3-4-11(16-7-10)18-6-5-15-9-18/h3-7,9H,8H2,1-2H3,(H,17,19)(H,20,21). The first-order chi connectivity index (χ1) is 9.90. The Morgan fingerprint density at radius 1 is 1.38 bits per heavy atom. The average Bonchev–Trinajstić information content (AvgIpc) is 2.99. The molecule has 2 heterocycles. The molecule has 7 heteroatoms. The summed E-state index contributed by atoms with van der Waals surface area (Å²) in [5.41, 5.74) is -0.639. The molecule has 0 saturated carbocycles. The summed E-state index contributed by atoms with van der Waals surface area (Å²) in [7, 11) is 0. The molecule has 2 rings (SSSR count). The van der Waals surface area contributed by atoms with Gasteiger partial charge in [0.2, 0.25) is 0 Å². The fourth-order valence-electron chi connectivity index (χ4n) is 1.55. The summed E-state index contributed by atoms with van der Waals surface area (Å²) in [6.45, 7) is 3.15. The zero-order chi connectivity index (χ0) is 15.5. The molecule has 0 bridgehead atoms. The maximum atomic E-state index is 11.9. The smallest absolute Gasteiger partial charge is 0.310 e. The van der Waals surface area contributed by atoms with Gasteiger partial charge in [-0.15, -0.1) is 0 Å². The van der Waals surface area contributed by atoms with Crippen LogP contribution in [0.25, 0.3) is 5.82 Å². The first kappa shape index (κ1) is 14.7. The summed E-state index contributed by atoms with van der Waals surface area (Å²) in [4.78, 5) is 31.0. The number of carbonyl (C=O) groups excluding carboxylic acids is 1. The molecule has 1 amide bonds. The number of amides is 1. The highest BCUT2D eigenvalue weighted by Gasteiger charge is 2.27. The first-order valence-corrected chi connectivity index (χ1v) is 6.36. The molecule has 0 aliphatic rings. The molecule has 0 atom stereocenters. The maximum Gasteiger partial charge on any atom is 0.310 e. The van der Waals surface area contributed by atoms with Crippen LogP contribution in [0, 0.1) is 5.41 Å². The fourth-order valence-corrected chi connectivity index (χ4v) is 1.55. The van der Waals surface area contributed by atoms with Crippen LogP contribution in [-0.2, 0) is 4.79 Å². The van der Waals surface area contributed by atoms with Crippen LogP contribution >= 0.6 is 0 Å². The lowest BCUT2D eigenvalue weighted by molar-refractivity contribution is -0.146. The van der Waals surface area contributed by atoms with E-state index in [1.807, 2.05) is 0 Å². The normalized spacial score (nSPS) is 11.1. The van der Waals surface area contributed by atoms with Crippen molar-refractivity contribution in [1.82, 2.24) is 19.9 Å². The Labute approximate surface area is 121 Å². The predicted molar refractivity (Wildman–Crippen MR) is 75.1 cm³/mol. The van der Waals surface area contributed by atoms with E-state index in [0.717, 1.165) is 0 Å². The highest BCUT2D eigenvalue weighted by molar-refractivity contribution is 5.94. The van der Waals surface area contributed by atoms with Gasteiger partial charge >= 0.3 is 5.97 Å². The van der Waals surface area contributed by atoms with Gasteiger partial charge in [-0.05, 0) is 26.0 Å². The number of rotatable bonds is 5. The lowest BCUT2D eigenvalue weighted by Crippen LogP contribution is -2.38. The van der Waals surface area contributed by atoms with Crippen molar-refractivity contribution in [2.75, 3.05) is 6.54 Å². The van der Waals surface area contributed by atoms with Crippen molar-refractivity contribution >= 4 is 11.9 Å². The van der Waals surface area contributed by atoms with Gasteiger partial charge in [0.1, 0.15) is 12.1 Å². The number of carboxylic acid groups (broad SMARTS) is 1. The van der Waals surface area contributed by atoms with Gasteiger partial charge in [-0.3, -0.25) is 14.2 Å². The number of nitrogens with zero attached hydrogens (tertiary/aromatic N) is 3. The molecule has 2 N–H and O–H groups in total. The van der Waals surface area contributed by atoms with E-state index < -0.39 is 11.4 Å². The third-order valence-electron chi connectivity index (χ3n) is 3.05. The molecule has 0 fully saturated rings. The SMILES string of the molecule is CC(C)(CNC(=O)c1ccc(-n2ccnc2)nc1)C(=O)O. The third-order valence-corrected chi connectivity index (χ3v) is 3.05. The number of nitrogens with one attached hydrogen (secondary N) is 1. The van der Waals surface area contributed by atoms with Crippen LogP contribution in [0.15, 0.2) is 37.1 Å². The van der Waals surface area contributed by atoms with Crippen LogP contribution in [0.5, 0.6) is 0 Å². The van der Waals surface area contributed by atoms with E-state index in [0.29, 0.717) is 11.4 Å². The van der Waals surface area contributed by atoms with Crippen LogP contribution < -0.4 is 5.32 Å². The molecule has 7 nitrogen and oxygen atoms in total. The minimum Gasteiger partial charge on any atom is -0.481 e. The minimum absolute atomic E-state index is 0.0461. The minimum atomic E-state index is -1.01. The summed E-state index contributed by atoms with van der Waals surface area (Å²) in [6.07, 6.45) is 6.43. The second kappa shape index (κ2) is 5.74. The topological polar surface area (TPSA) is 97.1 Å². The molecule has 110 valence electrons. The quantitative estimate of drug-likeness (QED) is 0.859. The molecule has 0 aliphatic heterocycles. The number of aromatic nitrogens is 3. The van der Waals surface area contributed by atoms with Crippen molar-refractivity contribution in [1.29, 1.82) is 0 Å². The van der Waals surface area contributed by atoms with E-state index in [9.17, 15) is 9.59 Å². The zero-order valence-corrected chi connectivity index (χ0v) is 11.8. The Bertz CT molecular complexity index is 633. The second-order valence-electron chi connectivity index (χ2n) is 5.25. The van der Waals surface area contributed by atoms with E-state index in [1.165, 1.54) is 6.20 Å². The van der Waals surface area contributed by atoms with Crippen LogP contribution in [0.2, 0.25) is 0 Å². The molecule has 2 aromatic rings. The molecular formula is C14H16N4O3. The summed E-state index contributed by atoms with van der Waals surface area (Å²) < 4.78 is 1.72. The van der Waals surface area contributed by atoms with Crippen molar-refractivity contribution in [2.45, 2.75) is 13.8 Å². The Hall–Kier alpha value is -2.70. The molecule has 0 unspecified atom stereocenters. The van der Waals surface area contributed by atoms with Gasteiger partial charge in [-0.25, -0.2) is 9.97 Å². The van der Waals surface area contributed by atoms with Gasteiger partial charge in [0.25, 0.3) is 5.91 Å². The predicted octanol–water partition coefficient (Wildman–Crippen LogP) is 1.11. The highest BCUT2D eigenvalue weighted by atomic mass is 16.4. The van der Waals surface area contributed by atoms with Gasteiger partial charge in [-0.2, -0.15) is 0 Å². The number of aliphatic carboxylic acids is 1. The van der Waals surface area contributed by atoms with Crippen molar-refractivity contribution in [2.24, 2.45) is 5.41 Å². The van der Waals surface area contributed by atoms with Gasteiger partial charge < -0.3 is 10.4 Å². The lowest BCUT2D eigenvalue weighted by Gasteiger charge is -2.19. The average molecular weight is 288 g/mol. The van der Waals surface area contributed by atoms with Crippen molar-refractivity contribution in [3.63, 3.8) is 0 Å². The molecule has 0 radical (unpaired) electrons. The van der Waals surface area contributed by atoms with Gasteiger partial charge in [0.15, 0.2) is 0 Å². The first-order valence-electron chi connectivity index (χ1n) is 6.36. The molecule has 2 aromatic heterocycles. The number of hydrogen-bond acceptors (Lipinski definition) is 4. The van der Waals surface area contributed by atoms with E-state index in [2.05, 4.69) is 15.3 Å². The summed E-state index contributed by atoms with van der Waals surface area (Å²) >= 11 is 0. The second-order valence-corrected chi connectivity index (χ2v) is 5.25. The largest absolute Gasteiger partial charge is 0.481 e. The van der Waals surface area contributed by atoms with Crippen LogP contribution in [0.3, 0.4) is 0 Å². The van der Waals surface area contributed by atoms with E-state index >= 15 is 0 Å². The zero-order valence-electron chi connectivity index (χ0n) is 11.8. The van der Waals surface area contributed by atoms with Crippen LogP contribution in [-0.4, -0.2) is 38.1 Å². The Kier molecular flexibility index (Phi) is 4.02. The van der Waals surface area contributed by atoms with Crippen molar-refractivity contribution in [3.05, 3.63) is 42.6 Å². The summed E-state index contributed by atoms with van der Waals surface area (Å²) in [6, 6.07) is 3.32. The fraction of sp³-hybridized carbons (Fsp3) is 0.286. The molecule has 0 aromatic carbocycles. The van der Waals surface area contributed by atoms with Gasteiger partial charge in [0.05, 0.1) is 11.0 Å². The number of carbonyl (C=O) groups is 2. The monoisotopic (exact) mass is 288 g/mol. The highest BCUT2D eigenvalue weighted by Crippen LogP contribution is 2.13. The van der Waals surface area contributed by atoms with E-state index in [1.54, 1.807) is 49.3 Å². The lowest BCUT2D eigenvalue weighted by atomic mass is 9.94. The number of pyridine rings is 1. The molecular weight excluding hydrogens is 272 g/mol. The van der Waals surface area contributed by atoms with Crippen molar-refractivity contribution in [3.8, 4) is 5.82 Å². The molecule has 0 saturated heterocycles. The molecule has 0 aliphatic carbocycles. The molecule has 0 spiro atoms. The van der Waals surface area contributed by atoms with Crippen LogP contribution in [0.4, 0.5) is 0 Å². The van der Waals surface area contributed by atoms with E-state index in [-0.39, 0.29) is 12.5 Å². The van der Waals surface area contributed by atoms with E-state index in [4.69, 9.17) is 5.11 Å². The number of imidazole rings is 1. The summed E-state index contributed by atoms with van der Waals surface area (Å²) in [5.74, 6) is -0.666. The Morgan fingerprint density at radius 2 is 2.14 bits per heavy atom. The molecule has 21 heavy (non-hydrogen) atoms. The third kappa shape index (κ3) is 3.44. The number of carboxylic acids is 1. The Morgan fingerprint density at radius 3 is 2.67 bits per heavy atom. The summed E-state index contributed by atoms with van der Waals surface area (Å²) in [5, 5.41) is 11.6. The number of hydrogen-bond donors (Lipinski definition) is 2. The van der Waals surface area contributed by atoms with Crippen LogP contribution in [0.1, 0.15) is 24.2 Å². The van der Waals surface area contributed by atoms with Gasteiger partial charge in [-0.1, -0.05) is 0 Å². The Balaban J connectivity index is 2.02.